The Kier molecular flexibility index (Phi) is 2.27. The van der Waals surface area contributed by atoms with Gasteiger partial charge in [-0.05, 0) is 32.9 Å². The van der Waals surface area contributed by atoms with Crippen LogP contribution in [0, 0.1) is 0 Å². The first-order chi connectivity index (χ1) is 6.59. The number of nitrogens with one attached hydrogen (secondary N) is 1. The van der Waals surface area contributed by atoms with E-state index in [1.165, 1.54) is 0 Å². The van der Waals surface area contributed by atoms with Crippen molar-refractivity contribution >= 4 is 23.1 Å². The number of aromatic nitrogens is 1. The van der Waals surface area contributed by atoms with E-state index >= 15 is 0 Å². The standard InChI is InChI=1S/C10H14ClN3/c1-6(2)14-7(3)12-8-4-5-9(11)13-10(8)14/h4-7,12H,1-3H3. The molecular formula is C10H14ClN3. The molecule has 2 rings (SSSR count). The predicted molar refractivity (Wildman–Crippen MR) is 59.9 cm³/mol. The monoisotopic (exact) mass is 211 g/mol. The van der Waals surface area contributed by atoms with E-state index < -0.39 is 0 Å². The van der Waals surface area contributed by atoms with E-state index in [0.29, 0.717) is 11.2 Å². The molecule has 76 valence electrons. The zero-order chi connectivity index (χ0) is 10.3. The third kappa shape index (κ3) is 1.42. The second-order valence-corrected chi connectivity index (χ2v) is 4.21. The van der Waals surface area contributed by atoms with Crippen LogP contribution in [0.3, 0.4) is 0 Å². The molecule has 3 nitrogen and oxygen atoms in total. The number of pyridine rings is 1. The van der Waals surface area contributed by atoms with Crippen molar-refractivity contribution in [3.05, 3.63) is 17.3 Å². The molecule has 1 aromatic rings. The maximum absolute atomic E-state index is 5.88. The summed E-state index contributed by atoms with van der Waals surface area (Å²) in [5.41, 5.74) is 1.07. The normalized spacial score (nSPS) is 19.8. The summed E-state index contributed by atoms with van der Waals surface area (Å²) >= 11 is 5.88. The van der Waals surface area contributed by atoms with Crippen LogP contribution in [-0.2, 0) is 0 Å². The van der Waals surface area contributed by atoms with Gasteiger partial charge in [0.25, 0.3) is 0 Å². The largest absolute Gasteiger partial charge is 0.362 e. The fourth-order valence-electron chi connectivity index (χ4n) is 1.90. The highest BCUT2D eigenvalue weighted by Gasteiger charge is 2.28. The first-order valence-electron chi connectivity index (χ1n) is 4.81. The molecule has 14 heavy (non-hydrogen) atoms. The summed E-state index contributed by atoms with van der Waals surface area (Å²) in [6.07, 6.45) is 0.288. The molecule has 4 heteroatoms. The molecular weight excluding hydrogens is 198 g/mol. The van der Waals surface area contributed by atoms with Crippen molar-refractivity contribution in [2.75, 3.05) is 10.2 Å². The lowest BCUT2D eigenvalue weighted by atomic mass is 10.3. The van der Waals surface area contributed by atoms with Crippen molar-refractivity contribution in [1.29, 1.82) is 0 Å². The average Bonchev–Trinajstić information content (AvgIpc) is 2.40. The Balaban J connectivity index is 2.44. The third-order valence-electron chi connectivity index (χ3n) is 2.42. The van der Waals surface area contributed by atoms with E-state index in [2.05, 4.69) is 36.0 Å². The Labute approximate surface area is 89.1 Å². The van der Waals surface area contributed by atoms with Gasteiger partial charge >= 0.3 is 0 Å². The number of hydrogen-bond acceptors (Lipinski definition) is 3. The number of nitrogens with zero attached hydrogens (tertiary/aromatic N) is 2. The molecule has 1 aliphatic heterocycles. The minimum Gasteiger partial charge on any atom is -0.362 e. The summed E-state index contributed by atoms with van der Waals surface area (Å²) in [5.74, 6) is 0.958. The topological polar surface area (TPSA) is 28.2 Å². The van der Waals surface area contributed by atoms with Gasteiger partial charge in [0.05, 0.1) is 11.9 Å². The summed E-state index contributed by atoms with van der Waals surface area (Å²) in [5, 5.41) is 3.91. The number of rotatable bonds is 1. The van der Waals surface area contributed by atoms with Gasteiger partial charge in [-0.3, -0.25) is 0 Å². The highest BCUT2D eigenvalue weighted by atomic mass is 35.5. The molecule has 0 aromatic carbocycles. The second kappa shape index (κ2) is 3.31. The van der Waals surface area contributed by atoms with Gasteiger partial charge in [-0.1, -0.05) is 11.6 Å². The molecule has 0 aliphatic carbocycles. The van der Waals surface area contributed by atoms with Gasteiger partial charge < -0.3 is 10.2 Å². The molecule has 0 spiro atoms. The van der Waals surface area contributed by atoms with Crippen molar-refractivity contribution in [1.82, 2.24) is 4.98 Å². The minimum absolute atomic E-state index is 0.288. The lowest BCUT2D eigenvalue weighted by molar-refractivity contribution is 0.632. The van der Waals surface area contributed by atoms with Crippen LogP contribution in [0.25, 0.3) is 0 Å². The van der Waals surface area contributed by atoms with Gasteiger partial charge in [-0.25, -0.2) is 4.98 Å². The van der Waals surface area contributed by atoms with E-state index in [4.69, 9.17) is 11.6 Å². The fraction of sp³-hybridized carbons (Fsp3) is 0.500. The van der Waals surface area contributed by atoms with E-state index in [9.17, 15) is 0 Å². The maximum atomic E-state index is 5.88. The maximum Gasteiger partial charge on any atom is 0.155 e. The fourth-order valence-corrected chi connectivity index (χ4v) is 2.05. The molecule has 1 N–H and O–H groups in total. The molecule has 1 atom stereocenters. The van der Waals surface area contributed by atoms with Crippen molar-refractivity contribution in [2.45, 2.75) is 33.0 Å². The van der Waals surface area contributed by atoms with Gasteiger partial charge in [0.2, 0.25) is 0 Å². The van der Waals surface area contributed by atoms with Crippen molar-refractivity contribution in [3.63, 3.8) is 0 Å². The Bertz CT molecular complexity index is 351. The van der Waals surface area contributed by atoms with Gasteiger partial charge in [-0.15, -0.1) is 0 Å². The first-order valence-corrected chi connectivity index (χ1v) is 5.19. The Morgan fingerprint density at radius 1 is 1.50 bits per heavy atom. The van der Waals surface area contributed by atoms with Gasteiger partial charge in [0.15, 0.2) is 5.82 Å². The molecule has 0 radical (unpaired) electrons. The zero-order valence-electron chi connectivity index (χ0n) is 8.58. The smallest absolute Gasteiger partial charge is 0.155 e. The molecule has 0 fully saturated rings. The highest BCUT2D eigenvalue weighted by molar-refractivity contribution is 6.29. The van der Waals surface area contributed by atoms with Crippen molar-refractivity contribution in [2.24, 2.45) is 0 Å². The lowest BCUT2D eigenvalue weighted by Gasteiger charge is -2.27. The Morgan fingerprint density at radius 2 is 2.21 bits per heavy atom. The van der Waals surface area contributed by atoms with Crippen LogP contribution in [0.1, 0.15) is 20.8 Å². The summed E-state index contributed by atoms with van der Waals surface area (Å²) < 4.78 is 0. The van der Waals surface area contributed by atoms with Gasteiger partial charge in [0, 0.05) is 6.04 Å². The number of halogens is 1. The number of hydrogen-bond donors (Lipinski definition) is 1. The van der Waals surface area contributed by atoms with E-state index in [1.807, 2.05) is 12.1 Å². The average molecular weight is 212 g/mol. The molecule has 1 unspecified atom stereocenters. The van der Waals surface area contributed by atoms with Crippen LogP contribution in [0.2, 0.25) is 5.15 Å². The lowest BCUT2D eigenvalue weighted by Crippen LogP contribution is -2.38. The van der Waals surface area contributed by atoms with E-state index in [1.54, 1.807) is 0 Å². The third-order valence-corrected chi connectivity index (χ3v) is 2.63. The molecule has 2 heterocycles. The zero-order valence-corrected chi connectivity index (χ0v) is 9.34. The molecule has 0 saturated heterocycles. The number of anilines is 2. The summed E-state index contributed by atoms with van der Waals surface area (Å²) in [7, 11) is 0. The molecule has 0 bridgehead atoms. The van der Waals surface area contributed by atoms with Crippen LogP contribution in [0.15, 0.2) is 12.1 Å². The molecule has 1 aliphatic rings. The van der Waals surface area contributed by atoms with Gasteiger partial charge in [0.1, 0.15) is 5.15 Å². The summed E-state index contributed by atoms with van der Waals surface area (Å²) in [4.78, 5) is 6.56. The molecule has 0 amide bonds. The SMILES string of the molecule is CC(C)N1c2nc(Cl)ccc2NC1C. The first kappa shape index (κ1) is 9.59. The van der Waals surface area contributed by atoms with Crippen LogP contribution < -0.4 is 10.2 Å². The van der Waals surface area contributed by atoms with Crippen molar-refractivity contribution in [3.8, 4) is 0 Å². The number of fused-ring (bicyclic) bond motifs is 1. The van der Waals surface area contributed by atoms with Crippen molar-refractivity contribution < 1.29 is 0 Å². The van der Waals surface area contributed by atoms with Crippen LogP contribution in [0.4, 0.5) is 11.5 Å². The Hall–Kier alpha value is -0.960. The summed E-state index contributed by atoms with van der Waals surface area (Å²) in [6.45, 7) is 6.42. The summed E-state index contributed by atoms with van der Waals surface area (Å²) in [6, 6.07) is 4.21. The molecule has 1 aromatic heterocycles. The second-order valence-electron chi connectivity index (χ2n) is 3.83. The van der Waals surface area contributed by atoms with E-state index in [-0.39, 0.29) is 6.17 Å². The molecule has 0 saturated carbocycles. The van der Waals surface area contributed by atoms with Crippen LogP contribution in [-0.4, -0.2) is 17.2 Å². The van der Waals surface area contributed by atoms with Gasteiger partial charge in [-0.2, -0.15) is 0 Å². The highest BCUT2D eigenvalue weighted by Crippen LogP contribution is 2.34. The predicted octanol–water partition coefficient (Wildman–Crippen LogP) is 2.72. The minimum atomic E-state index is 0.288. The van der Waals surface area contributed by atoms with Crippen LogP contribution >= 0.6 is 11.6 Å². The Morgan fingerprint density at radius 3 is 2.86 bits per heavy atom. The quantitative estimate of drug-likeness (QED) is 0.724. The van der Waals surface area contributed by atoms with Crippen LogP contribution in [0.5, 0.6) is 0 Å². The van der Waals surface area contributed by atoms with E-state index in [0.717, 1.165) is 11.5 Å².